The number of anilines is 3. The summed E-state index contributed by atoms with van der Waals surface area (Å²) in [6.07, 6.45) is 0. The van der Waals surface area contributed by atoms with E-state index in [-0.39, 0.29) is 10.8 Å². The summed E-state index contributed by atoms with van der Waals surface area (Å²) in [5.41, 5.74) is 19.2. The lowest BCUT2D eigenvalue weighted by Gasteiger charge is -2.30. The monoisotopic (exact) mass is 885 g/mol. The molecule has 2 aliphatic carbocycles. The molecule has 0 saturated carbocycles. The van der Waals surface area contributed by atoms with Crippen molar-refractivity contribution in [3.8, 4) is 44.5 Å². The lowest BCUT2D eigenvalue weighted by atomic mass is 9.82. The van der Waals surface area contributed by atoms with Gasteiger partial charge in [0.1, 0.15) is 0 Å². The van der Waals surface area contributed by atoms with Gasteiger partial charge in [0.2, 0.25) is 0 Å². The molecular weight excluding hydrogens is 839 g/mol. The van der Waals surface area contributed by atoms with Crippen LogP contribution in [-0.2, 0) is 10.8 Å². The van der Waals surface area contributed by atoms with Gasteiger partial charge in [-0.3, -0.25) is 0 Å². The van der Waals surface area contributed by atoms with E-state index >= 15 is 0 Å². The van der Waals surface area contributed by atoms with Crippen LogP contribution in [0.15, 0.2) is 212 Å². The number of fused-ring (bicyclic) bond motifs is 12. The molecule has 2 aliphatic rings. The molecule has 0 spiro atoms. The fourth-order valence-corrected chi connectivity index (χ4v) is 13.5. The van der Waals surface area contributed by atoms with Crippen LogP contribution < -0.4 is 4.90 Å². The summed E-state index contributed by atoms with van der Waals surface area (Å²) in [4.78, 5) is 2.49. The van der Waals surface area contributed by atoms with Crippen molar-refractivity contribution in [1.29, 1.82) is 0 Å². The van der Waals surface area contributed by atoms with E-state index in [0.29, 0.717) is 0 Å². The third kappa shape index (κ3) is 5.56. The number of hydrogen-bond donors (Lipinski definition) is 0. The molecule has 0 bridgehead atoms. The van der Waals surface area contributed by atoms with Crippen molar-refractivity contribution in [3.63, 3.8) is 0 Å². The summed E-state index contributed by atoms with van der Waals surface area (Å²) >= 11 is 1.88. The minimum absolute atomic E-state index is 0.118. The molecule has 0 atom stereocenters. The highest BCUT2D eigenvalue weighted by Crippen LogP contribution is 2.54. The molecule has 2 heteroatoms. The zero-order valence-corrected chi connectivity index (χ0v) is 39.4. The molecule has 0 amide bonds. The summed E-state index contributed by atoms with van der Waals surface area (Å²) in [6.45, 7) is 9.50. The van der Waals surface area contributed by atoms with Crippen molar-refractivity contribution in [2.45, 2.75) is 38.5 Å². The first-order valence-electron chi connectivity index (χ1n) is 23.9. The van der Waals surface area contributed by atoms with Crippen molar-refractivity contribution in [3.05, 3.63) is 235 Å². The quantitative estimate of drug-likeness (QED) is 0.156. The Morgan fingerprint density at radius 3 is 1.38 bits per heavy atom. The van der Waals surface area contributed by atoms with Gasteiger partial charge in [-0.1, -0.05) is 185 Å². The number of nitrogens with zero attached hydrogens (tertiary/aromatic N) is 1. The maximum Gasteiger partial charge on any atom is 0.0468 e. The second-order valence-corrected chi connectivity index (χ2v) is 21.1. The second kappa shape index (κ2) is 14.4. The van der Waals surface area contributed by atoms with E-state index in [1.54, 1.807) is 0 Å². The van der Waals surface area contributed by atoms with Gasteiger partial charge >= 0.3 is 0 Å². The lowest BCUT2D eigenvalue weighted by Crippen LogP contribution is -2.18. The topological polar surface area (TPSA) is 3.24 Å². The van der Waals surface area contributed by atoms with Gasteiger partial charge in [-0.05, 0) is 154 Å². The van der Waals surface area contributed by atoms with Crippen LogP contribution >= 0.6 is 11.3 Å². The molecule has 0 aliphatic heterocycles. The summed E-state index contributed by atoms with van der Waals surface area (Å²) in [6, 6.07) is 80.1. The number of hydrogen-bond acceptors (Lipinski definition) is 2. The zero-order valence-electron chi connectivity index (χ0n) is 38.6. The fraction of sp³-hybridized carbons (Fsp3) is 0.0909. The molecule has 1 nitrogen and oxygen atoms in total. The predicted molar refractivity (Wildman–Crippen MR) is 293 cm³/mol. The maximum atomic E-state index is 2.49. The van der Waals surface area contributed by atoms with Crippen molar-refractivity contribution >= 4 is 80.9 Å². The van der Waals surface area contributed by atoms with Gasteiger partial charge in [0.25, 0.3) is 0 Å². The molecule has 0 fully saturated rings. The van der Waals surface area contributed by atoms with Crippen molar-refractivity contribution in [2.75, 3.05) is 4.90 Å². The summed E-state index contributed by atoms with van der Waals surface area (Å²) in [5, 5.41) is 10.2. The molecule has 14 rings (SSSR count). The Bertz CT molecular complexity index is 3940. The highest BCUT2D eigenvalue weighted by atomic mass is 32.1. The number of rotatable bonds is 5. The van der Waals surface area contributed by atoms with Crippen molar-refractivity contribution < 1.29 is 0 Å². The van der Waals surface area contributed by atoms with Crippen LogP contribution in [0.5, 0.6) is 0 Å². The van der Waals surface area contributed by atoms with Crippen LogP contribution in [0.1, 0.15) is 49.9 Å². The van der Waals surface area contributed by atoms with E-state index in [1.165, 1.54) is 119 Å². The van der Waals surface area contributed by atoms with Crippen molar-refractivity contribution in [2.24, 2.45) is 0 Å². The molecule has 0 saturated heterocycles. The standard InChI is InChI=1S/C66H47NS/c1-65(2)56-24-12-9-16-46(56)48-34-32-44(38-58(48)65)67(45-33-35-49-47-17-10-13-25-57(47)66(3,4)59(49)39-45)43-31-30-40-36-42(29-28-41(40)37-43)62-50-18-5-7-20-52(50)63(53-21-8-6-19-51(53)62)55-23-15-27-61-64(55)54-22-11-14-26-60(54)68-61/h5-39H,1-4H3. The molecule has 1 aromatic heterocycles. The third-order valence-electron chi connectivity index (χ3n) is 15.6. The van der Waals surface area contributed by atoms with Crippen molar-refractivity contribution in [1.82, 2.24) is 0 Å². The molecule has 12 aromatic rings. The molecule has 0 unspecified atom stereocenters. The average Bonchev–Trinajstić information content (AvgIpc) is 3.95. The first-order valence-corrected chi connectivity index (χ1v) is 24.7. The number of thiophene rings is 1. The predicted octanol–water partition coefficient (Wildman–Crippen LogP) is 18.9. The minimum atomic E-state index is -0.118. The highest BCUT2D eigenvalue weighted by molar-refractivity contribution is 7.26. The average molecular weight is 886 g/mol. The Labute approximate surface area is 401 Å². The fourth-order valence-electron chi connectivity index (χ4n) is 12.4. The lowest BCUT2D eigenvalue weighted by molar-refractivity contribution is 0.660. The van der Waals surface area contributed by atoms with Crippen LogP contribution in [0.2, 0.25) is 0 Å². The molecule has 11 aromatic carbocycles. The minimum Gasteiger partial charge on any atom is -0.310 e. The Balaban J connectivity index is 0.936. The smallest absolute Gasteiger partial charge is 0.0468 e. The van der Waals surface area contributed by atoms with Gasteiger partial charge in [-0.15, -0.1) is 11.3 Å². The van der Waals surface area contributed by atoms with Gasteiger partial charge in [0.15, 0.2) is 0 Å². The molecule has 0 N–H and O–H groups in total. The Morgan fingerprint density at radius 1 is 0.324 bits per heavy atom. The summed E-state index contributed by atoms with van der Waals surface area (Å²) < 4.78 is 2.65. The molecule has 322 valence electrons. The molecule has 68 heavy (non-hydrogen) atoms. The van der Waals surface area contributed by atoms with E-state index < -0.39 is 0 Å². The van der Waals surface area contributed by atoms with E-state index in [2.05, 4.69) is 245 Å². The highest BCUT2D eigenvalue weighted by Gasteiger charge is 2.38. The van der Waals surface area contributed by atoms with E-state index in [4.69, 9.17) is 0 Å². The van der Waals surface area contributed by atoms with Gasteiger partial charge in [0.05, 0.1) is 0 Å². The molecule has 1 heterocycles. The Kier molecular flexibility index (Phi) is 8.32. The van der Waals surface area contributed by atoms with E-state index in [0.717, 1.165) is 17.1 Å². The van der Waals surface area contributed by atoms with Crippen LogP contribution in [0, 0.1) is 0 Å². The van der Waals surface area contributed by atoms with Crippen LogP contribution in [0.3, 0.4) is 0 Å². The Morgan fingerprint density at radius 2 is 0.765 bits per heavy atom. The van der Waals surface area contributed by atoms with E-state index in [9.17, 15) is 0 Å². The normalized spacial score (nSPS) is 14.1. The van der Waals surface area contributed by atoms with Gasteiger partial charge in [-0.2, -0.15) is 0 Å². The largest absolute Gasteiger partial charge is 0.310 e. The maximum absolute atomic E-state index is 2.49. The molecule has 0 radical (unpaired) electrons. The third-order valence-corrected chi connectivity index (χ3v) is 16.8. The van der Waals surface area contributed by atoms with Gasteiger partial charge in [-0.25, -0.2) is 0 Å². The van der Waals surface area contributed by atoms with Crippen LogP contribution in [-0.4, -0.2) is 0 Å². The SMILES string of the molecule is CC1(C)c2ccccc2-c2ccc(N(c3ccc4c(c3)C(C)(C)c3ccccc3-4)c3ccc4cc(-c5c6ccccc6c(-c6cccc7sc8ccccc8c67)c6ccccc56)ccc4c3)cc21. The zero-order chi connectivity index (χ0) is 45.5. The van der Waals surface area contributed by atoms with Gasteiger partial charge < -0.3 is 4.90 Å². The summed E-state index contributed by atoms with van der Waals surface area (Å²) in [5.74, 6) is 0. The molecular formula is C66H47NS. The number of benzene rings is 11. The Hall–Kier alpha value is -7.78. The van der Waals surface area contributed by atoms with Crippen LogP contribution in [0.25, 0.3) is 97.0 Å². The summed E-state index contributed by atoms with van der Waals surface area (Å²) in [7, 11) is 0. The van der Waals surface area contributed by atoms with E-state index in [1.807, 2.05) is 11.3 Å². The van der Waals surface area contributed by atoms with Gasteiger partial charge in [0, 0.05) is 48.1 Å². The first kappa shape index (κ1) is 39.4. The second-order valence-electron chi connectivity index (χ2n) is 20.0. The first-order chi connectivity index (χ1) is 33.2. The van der Waals surface area contributed by atoms with Crippen LogP contribution in [0.4, 0.5) is 17.1 Å².